The largest absolute Gasteiger partial charge is 0.0969 e. The van der Waals surface area contributed by atoms with Crippen molar-refractivity contribution < 1.29 is 0 Å². The van der Waals surface area contributed by atoms with Crippen LogP contribution in [-0.4, -0.2) is 0 Å². The minimum atomic E-state index is 0.762. The first-order chi connectivity index (χ1) is 6.72. The second-order valence-electron chi connectivity index (χ2n) is 2.89. The van der Waals surface area contributed by atoms with Gasteiger partial charge in [0.15, 0.2) is 0 Å². The molecule has 0 fully saturated rings. The molecule has 0 nitrogen and oxygen atoms in total. The van der Waals surface area contributed by atoms with E-state index in [2.05, 4.69) is 6.92 Å². The Morgan fingerprint density at radius 3 is 2.57 bits per heavy atom. The normalized spacial score (nSPS) is 11.8. The summed E-state index contributed by atoms with van der Waals surface area (Å²) in [5.41, 5.74) is 0. The highest BCUT2D eigenvalue weighted by Gasteiger charge is 1.93. The number of thioether (sulfide) groups is 1. The van der Waals surface area contributed by atoms with Crippen molar-refractivity contribution in [2.45, 2.75) is 24.7 Å². The standard InChI is InChI=1S/C11H12Cl2S/c1-2-3-10(13)8-14-11-6-4-9(12)5-7-11/h4-8H,2-3H2,1H3/b10-8+. The fourth-order valence-corrected chi connectivity index (χ4v) is 2.07. The van der Waals surface area contributed by atoms with Gasteiger partial charge in [0.25, 0.3) is 0 Å². The van der Waals surface area contributed by atoms with Crippen molar-refractivity contribution in [3.8, 4) is 0 Å². The molecule has 1 rings (SSSR count). The summed E-state index contributed by atoms with van der Waals surface area (Å²) in [6, 6.07) is 7.73. The molecule has 0 saturated carbocycles. The molecule has 14 heavy (non-hydrogen) atoms. The summed E-state index contributed by atoms with van der Waals surface area (Å²) >= 11 is 13.4. The Hall–Kier alpha value is -0.110. The van der Waals surface area contributed by atoms with E-state index >= 15 is 0 Å². The molecule has 0 unspecified atom stereocenters. The van der Waals surface area contributed by atoms with E-state index in [1.54, 1.807) is 11.8 Å². The molecule has 0 aromatic heterocycles. The van der Waals surface area contributed by atoms with Crippen LogP contribution in [0, 0.1) is 0 Å². The van der Waals surface area contributed by atoms with Crippen LogP contribution in [0.25, 0.3) is 0 Å². The van der Waals surface area contributed by atoms with Crippen molar-refractivity contribution in [3.05, 3.63) is 39.7 Å². The number of halogens is 2. The van der Waals surface area contributed by atoms with Crippen molar-refractivity contribution >= 4 is 35.0 Å². The molecule has 0 N–H and O–H groups in total. The van der Waals surface area contributed by atoms with Gasteiger partial charge in [-0.05, 0) is 36.1 Å². The Bertz CT molecular complexity index is 304. The van der Waals surface area contributed by atoms with Gasteiger partial charge in [-0.1, -0.05) is 48.3 Å². The zero-order valence-corrected chi connectivity index (χ0v) is 10.3. The van der Waals surface area contributed by atoms with Gasteiger partial charge in [-0.3, -0.25) is 0 Å². The molecule has 0 radical (unpaired) electrons. The van der Waals surface area contributed by atoms with E-state index in [0.29, 0.717) is 0 Å². The zero-order valence-electron chi connectivity index (χ0n) is 7.97. The van der Waals surface area contributed by atoms with Crippen molar-refractivity contribution in [1.82, 2.24) is 0 Å². The van der Waals surface area contributed by atoms with Gasteiger partial charge in [0.1, 0.15) is 0 Å². The fourth-order valence-electron chi connectivity index (χ4n) is 0.943. The summed E-state index contributed by atoms with van der Waals surface area (Å²) in [6.45, 7) is 2.11. The summed E-state index contributed by atoms with van der Waals surface area (Å²) in [5.74, 6) is 0. The average Bonchev–Trinajstić information content (AvgIpc) is 2.17. The molecule has 1 aromatic rings. The van der Waals surface area contributed by atoms with Crippen molar-refractivity contribution in [1.29, 1.82) is 0 Å². The van der Waals surface area contributed by atoms with Gasteiger partial charge < -0.3 is 0 Å². The lowest BCUT2D eigenvalue weighted by atomic mass is 10.3. The molecule has 0 bridgehead atoms. The highest BCUT2D eigenvalue weighted by atomic mass is 35.5. The highest BCUT2D eigenvalue weighted by Crippen LogP contribution is 2.24. The Morgan fingerprint density at radius 1 is 1.36 bits per heavy atom. The van der Waals surface area contributed by atoms with E-state index in [-0.39, 0.29) is 0 Å². The third kappa shape index (κ3) is 4.41. The van der Waals surface area contributed by atoms with Crippen LogP contribution in [0.2, 0.25) is 5.02 Å². The molecule has 0 aliphatic rings. The minimum Gasteiger partial charge on any atom is -0.0969 e. The molecule has 0 atom stereocenters. The van der Waals surface area contributed by atoms with Crippen LogP contribution in [0.4, 0.5) is 0 Å². The van der Waals surface area contributed by atoms with E-state index < -0.39 is 0 Å². The molecule has 3 heteroatoms. The second-order valence-corrected chi connectivity index (χ2v) is 4.75. The van der Waals surface area contributed by atoms with Gasteiger partial charge in [-0.25, -0.2) is 0 Å². The van der Waals surface area contributed by atoms with Crippen molar-refractivity contribution in [2.24, 2.45) is 0 Å². The van der Waals surface area contributed by atoms with Crippen LogP contribution in [-0.2, 0) is 0 Å². The smallest absolute Gasteiger partial charge is 0.0406 e. The number of rotatable bonds is 4. The lowest BCUT2D eigenvalue weighted by Crippen LogP contribution is -1.71. The predicted octanol–water partition coefficient (Wildman–Crippen LogP) is 5.31. The maximum atomic E-state index is 5.98. The van der Waals surface area contributed by atoms with E-state index in [9.17, 15) is 0 Å². The van der Waals surface area contributed by atoms with Crippen LogP contribution >= 0.6 is 35.0 Å². The van der Waals surface area contributed by atoms with E-state index in [1.807, 2.05) is 29.7 Å². The molecular formula is C11H12Cl2S. The SMILES string of the molecule is CCC/C(Cl)=C\Sc1ccc(Cl)cc1. The summed E-state index contributed by atoms with van der Waals surface area (Å²) in [6.07, 6.45) is 2.03. The van der Waals surface area contributed by atoms with Crippen LogP contribution < -0.4 is 0 Å². The first-order valence-corrected chi connectivity index (χ1v) is 6.12. The molecule has 0 aliphatic heterocycles. The van der Waals surface area contributed by atoms with Gasteiger partial charge >= 0.3 is 0 Å². The molecule has 0 aliphatic carbocycles. The topological polar surface area (TPSA) is 0 Å². The Balaban J connectivity index is 2.53. The Kier molecular flexibility index (Phi) is 5.46. The Morgan fingerprint density at radius 2 is 2.00 bits per heavy atom. The van der Waals surface area contributed by atoms with Gasteiger partial charge in [0.05, 0.1) is 0 Å². The number of allylic oxidation sites excluding steroid dienone is 1. The molecule has 76 valence electrons. The minimum absolute atomic E-state index is 0.762. The molecule has 0 saturated heterocycles. The number of hydrogen-bond donors (Lipinski definition) is 0. The van der Waals surface area contributed by atoms with E-state index in [4.69, 9.17) is 23.2 Å². The van der Waals surface area contributed by atoms with E-state index in [0.717, 1.165) is 27.8 Å². The summed E-state index contributed by atoms with van der Waals surface area (Å²) in [4.78, 5) is 1.16. The average molecular weight is 247 g/mol. The molecule has 0 heterocycles. The zero-order chi connectivity index (χ0) is 10.4. The van der Waals surface area contributed by atoms with Gasteiger partial charge in [0.2, 0.25) is 0 Å². The van der Waals surface area contributed by atoms with Crippen LogP contribution in [0.5, 0.6) is 0 Å². The maximum absolute atomic E-state index is 5.98. The lowest BCUT2D eigenvalue weighted by Gasteiger charge is -1.97. The lowest BCUT2D eigenvalue weighted by molar-refractivity contribution is 0.947. The maximum Gasteiger partial charge on any atom is 0.0406 e. The van der Waals surface area contributed by atoms with Crippen LogP contribution in [0.3, 0.4) is 0 Å². The molecule has 0 amide bonds. The summed E-state index contributed by atoms with van der Waals surface area (Å²) in [7, 11) is 0. The Labute approximate surface area is 99.3 Å². The van der Waals surface area contributed by atoms with Crippen molar-refractivity contribution in [2.75, 3.05) is 0 Å². The summed E-state index contributed by atoms with van der Waals surface area (Å²) < 4.78 is 0. The van der Waals surface area contributed by atoms with Crippen molar-refractivity contribution in [3.63, 3.8) is 0 Å². The molecule has 1 aromatic carbocycles. The third-order valence-corrected chi connectivity index (χ3v) is 3.25. The first kappa shape index (κ1) is 12.0. The second kappa shape index (κ2) is 6.39. The van der Waals surface area contributed by atoms with Gasteiger partial charge in [0, 0.05) is 15.0 Å². The van der Waals surface area contributed by atoms with Crippen LogP contribution in [0.15, 0.2) is 39.6 Å². The van der Waals surface area contributed by atoms with Crippen LogP contribution in [0.1, 0.15) is 19.8 Å². The molecular weight excluding hydrogens is 235 g/mol. The third-order valence-electron chi connectivity index (χ3n) is 1.63. The van der Waals surface area contributed by atoms with E-state index in [1.165, 1.54) is 0 Å². The van der Waals surface area contributed by atoms with Gasteiger partial charge in [-0.2, -0.15) is 0 Å². The number of hydrogen-bond acceptors (Lipinski definition) is 1. The fraction of sp³-hybridized carbons (Fsp3) is 0.273. The quantitative estimate of drug-likeness (QED) is 0.649. The number of benzene rings is 1. The predicted molar refractivity (Wildman–Crippen MR) is 66.2 cm³/mol. The molecule has 0 spiro atoms. The van der Waals surface area contributed by atoms with Gasteiger partial charge in [-0.15, -0.1) is 0 Å². The monoisotopic (exact) mass is 246 g/mol. The summed E-state index contributed by atoms with van der Waals surface area (Å²) in [5, 5.41) is 3.65. The highest BCUT2D eigenvalue weighted by molar-refractivity contribution is 8.02. The first-order valence-electron chi connectivity index (χ1n) is 4.49.